The van der Waals surface area contributed by atoms with Crippen molar-refractivity contribution in [1.82, 2.24) is 10.2 Å². The minimum Gasteiger partial charge on any atom is -0.354 e. The van der Waals surface area contributed by atoms with Crippen LogP contribution in [0.5, 0.6) is 0 Å². The van der Waals surface area contributed by atoms with Crippen LogP contribution in [0.25, 0.3) is 0 Å². The molecule has 1 N–H and O–H groups in total. The molecule has 0 saturated carbocycles. The average molecular weight is 377 g/mol. The molecule has 0 heterocycles. The lowest BCUT2D eigenvalue weighted by Gasteiger charge is -2.25. The standard InChI is InChI=1S/C20H22ClFN2O2/c1-24(2)18(14-7-9-15(21)10-8-14)13-23-20(26)12-11-19(25)16-5-3-4-6-17(16)22/h3-10,18H,11-13H2,1-2H3,(H,23,26). The van der Waals surface area contributed by atoms with Crippen LogP contribution in [0.1, 0.15) is 34.8 Å². The van der Waals surface area contributed by atoms with Crippen LogP contribution in [-0.4, -0.2) is 37.2 Å². The Morgan fingerprint density at radius 3 is 2.35 bits per heavy atom. The first-order chi connectivity index (χ1) is 12.4. The Hall–Kier alpha value is -2.24. The summed E-state index contributed by atoms with van der Waals surface area (Å²) in [5.41, 5.74) is 1.05. The molecular formula is C20H22ClFN2O2. The molecule has 138 valence electrons. The molecule has 0 aliphatic carbocycles. The molecule has 1 amide bonds. The zero-order valence-electron chi connectivity index (χ0n) is 14.8. The van der Waals surface area contributed by atoms with Crippen molar-refractivity contribution in [2.75, 3.05) is 20.6 Å². The number of Topliss-reactive ketones (excluding diaryl/α,β-unsaturated/α-hetero) is 1. The van der Waals surface area contributed by atoms with E-state index in [9.17, 15) is 14.0 Å². The Labute approximate surface area is 158 Å². The largest absolute Gasteiger partial charge is 0.354 e. The maximum atomic E-state index is 13.6. The van der Waals surface area contributed by atoms with E-state index in [1.165, 1.54) is 18.2 Å². The number of carbonyl (C=O) groups excluding carboxylic acids is 2. The minimum atomic E-state index is -0.562. The molecule has 0 aliphatic rings. The van der Waals surface area contributed by atoms with Crippen LogP contribution < -0.4 is 5.32 Å². The Kier molecular flexibility index (Phi) is 7.30. The van der Waals surface area contributed by atoms with Gasteiger partial charge >= 0.3 is 0 Å². The topological polar surface area (TPSA) is 49.4 Å². The van der Waals surface area contributed by atoms with Crippen LogP contribution in [0.15, 0.2) is 48.5 Å². The summed E-state index contributed by atoms with van der Waals surface area (Å²) in [7, 11) is 3.85. The molecule has 1 unspecified atom stereocenters. The van der Waals surface area contributed by atoms with Crippen LogP contribution in [0.4, 0.5) is 4.39 Å². The van der Waals surface area contributed by atoms with Crippen molar-refractivity contribution in [1.29, 1.82) is 0 Å². The molecule has 4 nitrogen and oxygen atoms in total. The number of benzene rings is 2. The molecule has 2 aromatic rings. The van der Waals surface area contributed by atoms with Crippen LogP contribution >= 0.6 is 11.6 Å². The van der Waals surface area contributed by atoms with E-state index in [0.717, 1.165) is 5.56 Å². The van der Waals surface area contributed by atoms with Gasteiger partial charge in [-0.2, -0.15) is 0 Å². The first kappa shape index (κ1) is 20.1. The van der Waals surface area contributed by atoms with E-state index in [1.54, 1.807) is 6.07 Å². The molecule has 0 bridgehead atoms. The summed E-state index contributed by atoms with van der Waals surface area (Å²) in [4.78, 5) is 26.1. The van der Waals surface area contributed by atoms with E-state index in [-0.39, 0.29) is 36.1 Å². The van der Waals surface area contributed by atoms with Gasteiger partial charge in [-0.15, -0.1) is 0 Å². The smallest absolute Gasteiger partial charge is 0.220 e. The van der Waals surface area contributed by atoms with Gasteiger partial charge in [-0.1, -0.05) is 35.9 Å². The molecule has 0 spiro atoms. The van der Waals surface area contributed by atoms with Crippen LogP contribution in [0.2, 0.25) is 5.02 Å². The lowest BCUT2D eigenvalue weighted by molar-refractivity contribution is -0.121. The highest BCUT2D eigenvalue weighted by Gasteiger charge is 2.17. The highest BCUT2D eigenvalue weighted by molar-refractivity contribution is 6.30. The first-order valence-electron chi connectivity index (χ1n) is 8.35. The van der Waals surface area contributed by atoms with Crippen molar-refractivity contribution >= 4 is 23.3 Å². The van der Waals surface area contributed by atoms with Crippen molar-refractivity contribution < 1.29 is 14.0 Å². The third-order valence-corrected chi connectivity index (χ3v) is 4.38. The number of amides is 1. The van der Waals surface area contributed by atoms with E-state index >= 15 is 0 Å². The molecule has 0 saturated heterocycles. The van der Waals surface area contributed by atoms with E-state index in [0.29, 0.717) is 11.6 Å². The summed E-state index contributed by atoms with van der Waals surface area (Å²) in [6, 6.07) is 13.2. The van der Waals surface area contributed by atoms with Crippen molar-refractivity contribution in [2.24, 2.45) is 0 Å². The van der Waals surface area contributed by atoms with Gasteiger partial charge in [-0.25, -0.2) is 4.39 Å². The monoisotopic (exact) mass is 376 g/mol. The minimum absolute atomic E-state index is 0.0153. The molecule has 0 aromatic heterocycles. The number of ketones is 1. The van der Waals surface area contributed by atoms with Gasteiger partial charge in [-0.05, 0) is 43.9 Å². The Balaban J connectivity index is 1.87. The molecule has 2 aromatic carbocycles. The van der Waals surface area contributed by atoms with Gasteiger partial charge in [0.25, 0.3) is 0 Å². The van der Waals surface area contributed by atoms with Crippen molar-refractivity contribution in [3.63, 3.8) is 0 Å². The molecular weight excluding hydrogens is 355 g/mol. The van der Waals surface area contributed by atoms with Gasteiger partial charge in [-0.3, -0.25) is 9.59 Å². The van der Waals surface area contributed by atoms with Crippen molar-refractivity contribution in [3.05, 3.63) is 70.5 Å². The SMILES string of the molecule is CN(C)C(CNC(=O)CCC(=O)c1ccccc1F)c1ccc(Cl)cc1. The average Bonchev–Trinajstić information content (AvgIpc) is 2.61. The maximum Gasteiger partial charge on any atom is 0.220 e. The van der Waals surface area contributed by atoms with Crippen LogP contribution in [-0.2, 0) is 4.79 Å². The third-order valence-electron chi connectivity index (χ3n) is 4.12. The second-order valence-electron chi connectivity index (χ2n) is 6.24. The fourth-order valence-electron chi connectivity index (χ4n) is 2.63. The van der Waals surface area contributed by atoms with E-state index in [1.807, 2.05) is 43.3 Å². The summed E-state index contributed by atoms with van der Waals surface area (Å²) in [6.45, 7) is 0.404. The molecule has 26 heavy (non-hydrogen) atoms. The fraction of sp³-hybridized carbons (Fsp3) is 0.300. The second kappa shape index (κ2) is 9.46. The number of nitrogens with zero attached hydrogens (tertiary/aromatic N) is 1. The summed E-state index contributed by atoms with van der Waals surface area (Å²) in [5.74, 6) is -1.18. The van der Waals surface area contributed by atoms with Crippen LogP contribution in [0, 0.1) is 5.82 Å². The van der Waals surface area contributed by atoms with Gasteiger partial charge in [0.15, 0.2) is 5.78 Å². The maximum absolute atomic E-state index is 13.6. The number of halogens is 2. The number of hydrogen-bond acceptors (Lipinski definition) is 3. The number of nitrogens with one attached hydrogen (secondary N) is 1. The number of likely N-dealkylation sites (N-methyl/N-ethyl adjacent to an activating group) is 1. The predicted octanol–water partition coefficient (Wildman–Crippen LogP) is 3.86. The molecule has 0 aliphatic heterocycles. The second-order valence-corrected chi connectivity index (χ2v) is 6.67. The quantitative estimate of drug-likeness (QED) is 0.712. The first-order valence-corrected chi connectivity index (χ1v) is 8.72. The normalized spacial score (nSPS) is 12.0. The summed E-state index contributed by atoms with van der Waals surface area (Å²) in [5, 5.41) is 3.49. The number of rotatable bonds is 8. The highest BCUT2D eigenvalue weighted by Crippen LogP contribution is 2.20. The Morgan fingerprint density at radius 2 is 1.73 bits per heavy atom. The van der Waals surface area contributed by atoms with E-state index in [2.05, 4.69) is 5.32 Å². The van der Waals surface area contributed by atoms with E-state index < -0.39 is 5.82 Å². The van der Waals surface area contributed by atoms with Gasteiger partial charge < -0.3 is 10.2 Å². The van der Waals surface area contributed by atoms with Gasteiger partial charge in [0.1, 0.15) is 5.82 Å². The van der Waals surface area contributed by atoms with Crippen LogP contribution in [0.3, 0.4) is 0 Å². The molecule has 2 rings (SSSR count). The molecule has 0 fully saturated rings. The van der Waals surface area contributed by atoms with Crippen molar-refractivity contribution in [2.45, 2.75) is 18.9 Å². The summed E-state index contributed by atoms with van der Waals surface area (Å²) >= 11 is 5.91. The van der Waals surface area contributed by atoms with Gasteiger partial charge in [0.2, 0.25) is 5.91 Å². The lowest BCUT2D eigenvalue weighted by atomic mass is 10.0. The van der Waals surface area contributed by atoms with Gasteiger partial charge in [0, 0.05) is 24.4 Å². The molecule has 0 radical (unpaired) electrons. The van der Waals surface area contributed by atoms with E-state index in [4.69, 9.17) is 11.6 Å². The Morgan fingerprint density at radius 1 is 1.08 bits per heavy atom. The van der Waals surface area contributed by atoms with Gasteiger partial charge in [0.05, 0.1) is 11.6 Å². The van der Waals surface area contributed by atoms with Crippen molar-refractivity contribution in [3.8, 4) is 0 Å². The molecule has 1 atom stereocenters. The number of carbonyl (C=O) groups is 2. The third kappa shape index (κ3) is 5.64. The fourth-order valence-corrected chi connectivity index (χ4v) is 2.76. The summed E-state index contributed by atoms with van der Waals surface area (Å²) in [6.07, 6.45) is -0.00568. The Bertz CT molecular complexity index is 763. The number of hydrogen-bond donors (Lipinski definition) is 1. The predicted molar refractivity (Wildman–Crippen MR) is 101 cm³/mol. The zero-order valence-corrected chi connectivity index (χ0v) is 15.6. The highest BCUT2D eigenvalue weighted by atomic mass is 35.5. The molecule has 6 heteroatoms. The lowest BCUT2D eigenvalue weighted by Crippen LogP contribution is -2.34. The summed E-state index contributed by atoms with van der Waals surface area (Å²) < 4.78 is 13.6. The zero-order chi connectivity index (χ0) is 19.1.